The Kier molecular flexibility index (Phi) is 3.15. The number of methoxy groups -OCH3 is 1. The first-order valence-electron chi connectivity index (χ1n) is 6.06. The molecule has 0 aliphatic carbocycles. The molecular weight excluding hydrogens is 274 g/mol. The average molecular weight is 285 g/mol. The summed E-state index contributed by atoms with van der Waals surface area (Å²) in [7, 11) is 1.54. The maximum absolute atomic E-state index is 10.9. The van der Waals surface area contributed by atoms with Gasteiger partial charge in [0, 0.05) is 6.07 Å². The van der Waals surface area contributed by atoms with Gasteiger partial charge in [0.1, 0.15) is 5.52 Å². The fourth-order valence-corrected chi connectivity index (χ4v) is 1.81. The Morgan fingerprint density at radius 3 is 2.86 bits per heavy atom. The fourth-order valence-electron chi connectivity index (χ4n) is 1.81. The van der Waals surface area contributed by atoms with Crippen LogP contribution in [0, 0.1) is 0 Å². The van der Waals surface area contributed by atoms with Crippen LogP contribution in [0.5, 0.6) is 5.88 Å². The van der Waals surface area contributed by atoms with E-state index in [0.717, 1.165) is 0 Å². The van der Waals surface area contributed by atoms with E-state index in [1.807, 2.05) is 0 Å². The number of aromatic carboxylic acids is 1. The van der Waals surface area contributed by atoms with E-state index in [0.29, 0.717) is 22.7 Å². The number of hydrogen-bond acceptors (Lipinski definition) is 6. The number of fused-ring (bicyclic) bond motifs is 1. The Labute approximate surface area is 119 Å². The van der Waals surface area contributed by atoms with Crippen molar-refractivity contribution < 1.29 is 19.1 Å². The van der Waals surface area contributed by atoms with Gasteiger partial charge in [-0.1, -0.05) is 0 Å². The zero-order valence-electron chi connectivity index (χ0n) is 11.0. The lowest BCUT2D eigenvalue weighted by Crippen LogP contribution is -1.94. The monoisotopic (exact) mass is 285 g/mol. The van der Waals surface area contributed by atoms with Crippen LogP contribution in [-0.4, -0.2) is 28.2 Å². The molecule has 2 N–H and O–H groups in total. The van der Waals surface area contributed by atoms with Gasteiger partial charge in [-0.3, -0.25) is 0 Å². The van der Waals surface area contributed by atoms with Gasteiger partial charge in [-0.05, 0) is 24.3 Å². The summed E-state index contributed by atoms with van der Waals surface area (Å²) in [5.74, 6) is -0.508. The lowest BCUT2D eigenvalue weighted by atomic mass is 10.2. The number of pyridine rings is 1. The van der Waals surface area contributed by atoms with Crippen molar-refractivity contribution in [2.45, 2.75) is 0 Å². The topological polar surface area (TPSA) is 97.5 Å². The molecule has 0 spiro atoms. The molecule has 0 aliphatic rings. The number of rotatable bonds is 4. The number of aromatic nitrogens is 2. The molecule has 0 unspecified atom stereocenters. The summed E-state index contributed by atoms with van der Waals surface area (Å²) in [6.07, 6.45) is 1.58. The minimum absolute atomic E-state index is 0.149. The van der Waals surface area contributed by atoms with E-state index in [4.69, 9.17) is 14.3 Å². The van der Waals surface area contributed by atoms with Gasteiger partial charge in [0.25, 0.3) is 6.01 Å². The summed E-state index contributed by atoms with van der Waals surface area (Å²) >= 11 is 0. The van der Waals surface area contributed by atoms with Crippen molar-refractivity contribution in [3.8, 4) is 5.88 Å². The Morgan fingerprint density at radius 1 is 1.33 bits per heavy atom. The van der Waals surface area contributed by atoms with E-state index >= 15 is 0 Å². The van der Waals surface area contributed by atoms with Gasteiger partial charge >= 0.3 is 5.97 Å². The van der Waals surface area contributed by atoms with Gasteiger partial charge < -0.3 is 19.6 Å². The number of nitrogens with zero attached hydrogens (tertiary/aromatic N) is 2. The van der Waals surface area contributed by atoms with Crippen molar-refractivity contribution in [1.29, 1.82) is 0 Å². The van der Waals surface area contributed by atoms with Crippen LogP contribution >= 0.6 is 0 Å². The molecule has 0 amide bonds. The number of carboxylic acids is 1. The van der Waals surface area contributed by atoms with Crippen LogP contribution in [0.2, 0.25) is 0 Å². The number of anilines is 2. The van der Waals surface area contributed by atoms with Crippen molar-refractivity contribution in [2.75, 3.05) is 12.4 Å². The predicted molar refractivity (Wildman–Crippen MR) is 75.0 cm³/mol. The van der Waals surface area contributed by atoms with Gasteiger partial charge in [0.05, 0.1) is 24.6 Å². The van der Waals surface area contributed by atoms with E-state index < -0.39 is 5.97 Å². The van der Waals surface area contributed by atoms with Crippen molar-refractivity contribution in [3.63, 3.8) is 0 Å². The first-order chi connectivity index (χ1) is 10.2. The molecule has 21 heavy (non-hydrogen) atoms. The zero-order valence-corrected chi connectivity index (χ0v) is 11.0. The van der Waals surface area contributed by atoms with E-state index in [1.165, 1.54) is 19.2 Å². The highest BCUT2D eigenvalue weighted by molar-refractivity contribution is 5.92. The second-order valence-electron chi connectivity index (χ2n) is 4.22. The van der Waals surface area contributed by atoms with Crippen LogP contribution < -0.4 is 10.1 Å². The Hall–Kier alpha value is -3.09. The maximum Gasteiger partial charge on any atom is 0.335 e. The van der Waals surface area contributed by atoms with Crippen molar-refractivity contribution in [3.05, 3.63) is 42.1 Å². The van der Waals surface area contributed by atoms with E-state index in [1.54, 1.807) is 24.4 Å². The van der Waals surface area contributed by atoms with Crippen molar-refractivity contribution >= 4 is 28.8 Å². The summed E-state index contributed by atoms with van der Waals surface area (Å²) in [6, 6.07) is 8.24. The molecule has 0 saturated carbocycles. The van der Waals surface area contributed by atoms with Crippen LogP contribution in [0.15, 0.2) is 40.9 Å². The summed E-state index contributed by atoms with van der Waals surface area (Å²) in [5, 5.41) is 11.9. The smallest absolute Gasteiger partial charge is 0.335 e. The molecule has 0 saturated heterocycles. The number of hydrogen-bond donors (Lipinski definition) is 2. The van der Waals surface area contributed by atoms with Gasteiger partial charge in [-0.25, -0.2) is 9.78 Å². The molecule has 1 aromatic carbocycles. The molecule has 0 fully saturated rings. The first kappa shape index (κ1) is 12.9. The standard InChI is InChI=1S/C14H11N3O4/c1-20-12-5-3-9(7-15-12)16-14-17-10-4-2-8(13(18)19)6-11(10)21-14/h2-7H,1H3,(H,16,17)(H,18,19). The highest BCUT2D eigenvalue weighted by atomic mass is 16.5. The fraction of sp³-hybridized carbons (Fsp3) is 0.0714. The molecule has 0 radical (unpaired) electrons. The number of oxazole rings is 1. The van der Waals surface area contributed by atoms with Crippen molar-refractivity contribution in [2.24, 2.45) is 0 Å². The second kappa shape index (κ2) is 5.12. The predicted octanol–water partition coefficient (Wildman–Crippen LogP) is 2.67. The molecule has 0 aliphatic heterocycles. The molecule has 7 nitrogen and oxygen atoms in total. The highest BCUT2D eigenvalue weighted by Gasteiger charge is 2.10. The molecule has 0 bridgehead atoms. The molecule has 3 aromatic rings. The summed E-state index contributed by atoms with van der Waals surface area (Å²) < 4.78 is 10.4. The largest absolute Gasteiger partial charge is 0.481 e. The van der Waals surface area contributed by atoms with Crippen LogP contribution in [0.3, 0.4) is 0 Å². The Balaban J connectivity index is 1.88. The lowest BCUT2D eigenvalue weighted by Gasteiger charge is -2.01. The normalized spacial score (nSPS) is 10.5. The van der Waals surface area contributed by atoms with Crippen molar-refractivity contribution in [1.82, 2.24) is 9.97 Å². The summed E-state index contributed by atoms with van der Waals surface area (Å²) in [5.41, 5.74) is 1.81. The minimum Gasteiger partial charge on any atom is -0.481 e. The molecule has 2 aromatic heterocycles. The van der Waals surface area contributed by atoms with Crippen LogP contribution in [0.4, 0.5) is 11.7 Å². The molecule has 0 atom stereocenters. The molecular formula is C14H11N3O4. The number of benzene rings is 1. The molecule has 106 valence electrons. The zero-order chi connectivity index (χ0) is 14.8. The van der Waals surface area contributed by atoms with Gasteiger partial charge in [-0.2, -0.15) is 4.98 Å². The average Bonchev–Trinajstić information content (AvgIpc) is 2.89. The third kappa shape index (κ3) is 2.62. The quantitative estimate of drug-likeness (QED) is 0.760. The van der Waals surface area contributed by atoms with Gasteiger partial charge in [0.2, 0.25) is 5.88 Å². The van der Waals surface area contributed by atoms with Gasteiger partial charge in [-0.15, -0.1) is 0 Å². The van der Waals surface area contributed by atoms with Gasteiger partial charge in [0.15, 0.2) is 5.58 Å². The minimum atomic E-state index is -1.01. The lowest BCUT2D eigenvalue weighted by molar-refractivity contribution is 0.0697. The second-order valence-corrected chi connectivity index (χ2v) is 4.22. The summed E-state index contributed by atoms with van der Waals surface area (Å²) in [6.45, 7) is 0. The number of carboxylic acid groups (broad SMARTS) is 1. The van der Waals surface area contributed by atoms with E-state index in [2.05, 4.69) is 15.3 Å². The third-order valence-electron chi connectivity index (χ3n) is 2.83. The number of nitrogens with one attached hydrogen (secondary N) is 1. The first-order valence-corrected chi connectivity index (χ1v) is 6.06. The van der Waals surface area contributed by atoms with E-state index in [-0.39, 0.29) is 11.6 Å². The number of carbonyl (C=O) groups is 1. The molecule has 7 heteroatoms. The van der Waals surface area contributed by atoms with E-state index in [9.17, 15) is 4.79 Å². The Morgan fingerprint density at radius 2 is 2.19 bits per heavy atom. The number of ether oxygens (including phenoxy) is 1. The molecule has 3 rings (SSSR count). The summed E-state index contributed by atoms with van der Waals surface area (Å²) in [4.78, 5) is 19.2. The van der Waals surface area contributed by atoms with Crippen LogP contribution in [-0.2, 0) is 0 Å². The SMILES string of the molecule is COc1ccc(Nc2nc3ccc(C(=O)O)cc3o2)cn1. The highest BCUT2D eigenvalue weighted by Crippen LogP contribution is 2.23. The third-order valence-corrected chi connectivity index (χ3v) is 2.83. The maximum atomic E-state index is 10.9. The Bertz CT molecular complexity index is 796. The van der Waals surface area contributed by atoms with Crippen LogP contribution in [0.25, 0.3) is 11.1 Å². The molecule has 2 heterocycles. The van der Waals surface area contributed by atoms with Crippen LogP contribution in [0.1, 0.15) is 10.4 Å².